The monoisotopic (exact) mass is 353 g/mol. The van der Waals surface area contributed by atoms with E-state index in [0.29, 0.717) is 17.7 Å². The molecular weight excluding hydrogens is 334 g/mol. The van der Waals surface area contributed by atoms with Gasteiger partial charge in [-0.25, -0.2) is 0 Å². The molecule has 1 aliphatic heterocycles. The zero-order valence-corrected chi connectivity index (χ0v) is 15.0. The summed E-state index contributed by atoms with van der Waals surface area (Å²) in [7, 11) is 0. The molecule has 0 fully saturated rings. The zero-order valence-electron chi connectivity index (χ0n) is 15.0. The first kappa shape index (κ1) is 16.9. The molecule has 3 aromatic carbocycles. The van der Waals surface area contributed by atoms with Crippen molar-refractivity contribution in [1.82, 2.24) is 4.90 Å². The lowest BCUT2D eigenvalue weighted by atomic mass is 10.0. The van der Waals surface area contributed by atoms with E-state index in [1.807, 2.05) is 66.4 Å². The predicted octanol–water partition coefficient (Wildman–Crippen LogP) is 4.63. The second-order valence-electron chi connectivity index (χ2n) is 6.75. The number of nitrogens with zero attached hydrogens (tertiary/aromatic N) is 2. The van der Waals surface area contributed by atoms with E-state index in [1.54, 1.807) is 6.07 Å². The Balaban J connectivity index is 1.76. The summed E-state index contributed by atoms with van der Waals surface area (Å²) >= 11 is 0. The molecule has 0 saturated heterocycles. The summed E-state index contributed by atoms with van der Waals surface area (Å²) in [5.41, 5.74) is 5.20. The molecule has 4 nitrogen and oxygen atoms in total. The van der Waals surface area contributed by atoms with Crippen molar-refractivity contribution in [3.05, 3.63) is 101 Å². The van der Waals surface area contributed by atoms with E-state index < -0.39 is 0 Å². The third-order valence-electron chi connectivity index (χ3n) is 4.83. The minimum Gasteiger partial charge on any atom is -0.361 e. The van der Waals surface area contributed by atoms with Gasteiger partial charge in [0, 0.05) is 12.2 Å². The van der Waals surface area contributed by atoms with E-state index in [4.69, 9.17) is 0 Å². The summed E-state index contributed by atoms with van der Waals surface area (Å²) in [6.07, 6.45) is -0.331. The molecule has 4 heteroatoms. The van der Waals surface area contributed by atoms with Gasteiger partial charge >= 0.3 is 0 Å². The van der Waals surface area contributed by atoms with Crippen LogP contribution in [0.25, 0.3) is 0 Å². The van der Waals surface area contributed by atoms with Crippen molar-refractivity contribution >= 4 is 11.6 Å². The van der Waals surface area contributed by atoms with Crippen molar-refractivity contribution in [2.75, 3.05) is 5.32 Å². The highest BCUT2D eigenvalue weighted by atomic mass is 16.2. The molecule has 0 aliphatic carbocycles. The smallest absolute Gasteiger partial charge is 0.258 e. The van der Waals surface area contributed by atoms with E-state index in [1.165, 1.54) is 5.56 Å². The van der Waals surface area contributed by atoms with Crippen LogP contribution in [0.4, 0.5) is 5.69 Å². The molecule has 0 saturated carbocycles. The molecule has 1 N–H and O–H groups in total. The van der Waals surface area contributed by atoms with Crippen LogP contribution in [0.2, 0.25) is 0 Å². The standard InChI is InChI=1S/C23H19N3O/c1-16-9-11-17(12-10-16)15-26-22(19-6-4-5-18(13-19)14-24)25-21-8-3-2-7-20(21)23(26)27/h2-13,22,25H,15H2,1H3/t22-/m1/s1. The minimum atomic E-state index is -0.331. The van der Waals surface area contributed by atoms with Crippen LogP contribution in [0.3, 0.4) is 0 Å². The van der Waals surface area contributed by atoms with E-state index in [9.17, 15) is 10.1 Å². The van der Waals surface area contributed by atoms with Gasteiger partial charge in [-0.3, -0.25) is 4.79 Å². The van der Waals surface area contributed by atoms with Gasteiger partial charge in [-0.2, -0.15) is 5.26 Å². The number of anilines is 1. The summed E-state index contributed by atoms with van der Waals surface area (Å²) in [5.74, 6) is -0.0164. The third-order valence-corrected chi connectivity index (χ3v) is 4.83. The number of carbonyl (C=O) groups is 1. The molecule has 132 valence electrons. The molecule has 1 aliphatic rings. The number of hydrogen-bond donors (Lipinski definition) is 1. The molecule has 3 aromatic rings. The molecule has 0 spiro atoms. The lowest BCUT2D eigenvalue weighted by molar-refractivity contribution is 0.0666. The summed E-state index contributed by atoms with van der Waals surface area (Å²) < 4.78 is 0. The van der Waals surface area contributed by atoms with Crippen LogP contribution in [-0.4, -0.2) is 10.8 Å². The highest BCUT2D eigenvalue weighted by Gasteiger charge is 2.32. The number of amides is 1. The molecule has 4 rings (SSSR count). The Morgan fingerprint density at radius 2 is 1.81 bits per heavy atom. The van der Waals surface area contributed by atoms with Crippen molar-refractivity contribution in [1.29, 1.82) is 5.26 Å². The van der Waals surface area contributed by atoms with E-state index in [0.717, 1.165) is 16.8 Å². The lowest BCUT2D eigenvalue weighted by Crippen LogP contribution is -2.42. The average Bonchev–Trinajstić information content (AvgIpc) is 2.71. The fourth-order valence-electron chi connectivity index (χ4n) is 3.39. The maximum absolute atomic E-state index is 13.2. The van der Waals surface area contributed by atoms with Crippen LogP contribution in [-0.2, 0) is 6.54 Å². The fourth-order valence-corrected chi connectivity index (χ4v) is 3.39. The van der Waals surface area contributed by atoms with Gasteiger partial charge in [0.2, 0.25) is 0 Å². The molecule has 0 unspecified atom stereocenters. The van der Waals surface area contributed by atoms with E-state index in [-0.39, 0.29) is 12.1 Å². The summed E-state index contributed by atoms with van der Waals surface area (Å²) in [6.45, 7) is 2.53. The third kappa shape index (κ3) is 3.28. The van der Waals surface area contributed by atoms with Crippen LogP contribution >= 0.6 is 0 Å². The maximum Gasteiger partial charge on any atom is 0.258 e. The van der Waals surface area contributed by atoms with Crippen LogP contribution in [0.1, 0.15) is 38.8 Å². The molecule has 0 aromatic heterocycles. The van der Waals surface area contributed by atoms with Crippen LogP contribution in [0.5, 0.6) is 0 Å². The molecule has 1 amide bonds. The quantitative estimate of drug-likeness (QED) is 0.747. The molecular formula is C23H19N3O. The predicted molar refractivity (Wildman–Crippen MR) is 105 cm³/mol. The molecule has 1 atom stereocenters. The minimum absolute atomic E-state index is 0.0164. The normalized spacial score (nSPS) is 15.6. The van der Waals surface area contributed by atoms with Gasteiger partial charge in [0.1, 0.15) is 6.17 Å². The number of nitrogens with one attached hydrogen (secondary N) is 1. The number of carbonyl (C=O) groups excluding carboxylic acids is 1. The first-order valence-corrected chi connectivity index (χ1v) is 8.88. The zero-order chi connectivity index (χ0) is 18.8. The summed E-state index contributed by atoms with van der Waals surface area (Å²) in [5, 5.41) is 12.7. The largest absolute Gasteiger partial charge is 0.361 e. The summed E-state index contributed by atoms with van der Waals surface area (Å²) in [6, 6.07) is 25.3. The van der Waals surface area contributed by atoms with Crippen molar-refractivity contribution in [2.45, 2.75) is 19.6 Å². The van der Waals surface area contributed by atoms with Gasteiger partial charge in [0.25, 0.3) is 5.91 Å². The average molecular weight is 353 g/mol. The molecule has 1 heterocycles. The Labute approximate surface area is 158 Å². The van der Waals surface area contributed by atoms with E-state index in [2.05, 4.69) is 23.5 Å². The SMILES string of the molecule is Cc1ccc(CN2C(=O)c3ccccc3N[C@H]2c2cccc(C#N)c2)cc1. The first-order chi connectivity index (χ1) is 13.2. The molecule has 0 radical (unpaired) electrons. The Morgan fingerprint density at radius 3 is 2.59 bits per heavy atom. The highest BCUT2D eigenvalue weighted by molar-refractivity contribution is 6.01. The Morgan fingerprint density at radius 1 is 1.04 bits per heavy atom. The number of para-hydroxylation sites is 1. The van der Waals surface area contributed by atoms with Crippen LogP contribution in [0, 0.1) is 18.3 Å². The van der Waals surface area contributed by atoms with Gasteiger partial charge in [0.15, 0.2) is 0 Å². The summed E-state index contributed by atoms with van der Waals surface area (Å²) in [4.78, 5) is 15.1. The number of rotatable bonds is 3. The second kappa shape index (κ2) is 6.97. The van der Waals surface area contributed by atoms with Crippen LogP contribution < -0.4 is 5.32 Å². The Hall–Kier alpha value is -3.58. The number of hydrogen-bond acceptors (Lipinski definition) is 3. The number of aryl methyl sites for hydroxylation is 1. The van der Waals surface area contributed by atoms with Gasteiger partial charge in [0.05, 0.1) is 17.2 Å². The number of nitriles is 1. The Bertz CT molecular complexity index is 1030. The van der Waals surface area contributed by atoms with Crippen molar-refractivity contribution in [3.63, 3.8) is 0 Å². The van der Waals surface area contributed by atoms with Crippen molar-refractivity contribution < 1.29 is 4.79 Å². The second-order valence-corrected chi connectivity index (χ2v) is 6.75. The highest BCUT2D eigenvalue weighted by Crippen LogP contribution is 2.34. The van der Waals surface area contributed by atoms with Gasteiger partial charge in [-0.05, 0) is 42.3 Å². The first-order valence-electron chi connectivity index (χ1n) is 8.88. The van der Waals surface area contributed by atoms with Gasteiger partial charge in [-0.15, -0.1) is 0 Å². The molecule has 0 bridgehead atoms. The number of benzene rings is 3. The van der Waals surface area contributed by atoms with Gasteiger partial charge < -0.3 is 10.2 Å². The van der Waals surface area contributed by atoms with Crippen molar-refractivity contribution in [2.24, 2.45) is 0 Å². The molecule has 27 heavy (non-hydrogen) atoms. The number of fused-ring (bicyclic) bond motifs is 1. The fraction of sp³-hybridized carbons (Fsp3) is 0.130. The van der Waals surface area contributed by atoms with Gasteiger partial charge in [-0.1, -0.05) is 54.1 Å². The lowest BCUT2D eigenvalue weighted by Gasteiger charge is -2.38. The van der Waals surface area contributed by atoms with Crippen LogP contribution in [0.15, 0.2) is 72.8 Å². The van der Waals surface area contributed by atoms with Crippen molar-refractivity contribution in [3.8, 4) is 6.07 Å². The maximum atomic E-state index is 13.2. The topological polar surface area (TPSA) is 56.1 Å². The Kier molecular flexibility index (Phi) is 4.35. The van der Waals surface area contributed by atoms with E-state index >= 15 is 0 Å².